The number of aliphatic hydroxyl groups excluding tert-OH is 1. The molecule has 4 heteroatoms. The number of hydrogen-bond donors (Lipinski definition) is 2. The van der Waals surface area contributed by atoms with Crippen LogP contribution < -0.4 is 5.32 Å². The van der Waals surface area contributed by atoms with Crippen LogP contribution in [-0.2, 0) is 0 Å². The van der Waals surface area contributed by atoms with Crippen LogP contribution in [0.5, 0.6) is 0 Å². The lowest BCUT2D eigenvalue weighted by Gasteiger charge is -2.24. The number of anilines is 1. The van der Waals surface area contributed by atoms with Gasteiger partial charge in [0, 0.05) is 18.8 Å². The van der Waals surface area contributed by atoms with E-state index in [-0.39, 0.29) is 18.6 Å². The van der Waals surface area contributed by atoms with Crippen LogP contribution in [-0.4, -0.2) is 41.7 Å². The van der Waals surface area contributed by atoms with Gasteiger partial charge in [-0.05, 0) is 31.9 Å². The second kappa shape index (κ2) is 5.87. The lowest BCUT2D eigenvalue weighted by Crippen LogP contribution is -2.37. The maximum atomic E-state index is 12.5. The molecule has 4 nitrogen and oxygen atoms in total. The molecule has 0 unspecified atom stereocenters. The molecule has 1 fully saturated rings. The lowest BCUT2D eigenvalue weighted by molar-refractivity contribution is 0.0678. The first-order valence-electron chi connectivity index (χ1n) is 6.52. The predicted octanol–water partition coefficient (Wildman–Crippen LogP) is 1.72. The summed E-state index contributed by atoms with van der Waals surface area (Å²) in [6.07, 6.45) is 1.87. The fraction of sp³-hybridized carbons (Fsp3) is 0.500. The number of nitrogens with zero attached hydrogens (tertiary/aromatic N) is 1. The summed E-state index contributed by atoms with van der Waals surface area (Å²) in [5.41, 5.74) is 1.56. The molecule has 1 atom stereocenters. The first-order valence-corrected chi connectivity index (χ1v) is 6.52. The van der Waals surface area contributed by atoms with Gasteiger partial charge in [0.1, 0.15) is 0 Å². The molecule has 18 heavy (non-hydrogen) atoms. The number of aliphatic hydroxyl groups is 1. The van der Waals surface area contributed by atoms with E-state index in [1.807, 2.05) is 31.2 Å². The molecule has 98 valence electrons. The van der Waals surface area contributed by atoms with Gasteiger partial charge in [-0.1, -0.05) is 12.1 Å². The van der Waals surface area contributed by atoms with E-state index in [1.165, 1.54) is 0 Å². The molecule has 1 aliphatic rings. The molecule has 1 heterocycles. The molecule has 0 aromatic heterocycles. The van der Waals surface area contributed by atoms with Crippen LogP contribution in [0.25, 0.3) is 0 Å². The molecule has 0 spiro atoms. The van der Waals surface area contributed by atoms with Crippen LogP contribution >= 0.6 is 0 Å². The highest BCUT2D eigenvalue weighted by Crippen LogP contribution is 2.23. The molecule has 1 amide bonds. The zero-order valence-corrected chi connectivity index (χ0v) is 10.7. The Bertz CT molecular complexity index is 420. The van der Waals surface area contributed by atoms with Gasteiger partial charge >= 0.3 is 0 Å². The first-order chi connectivity index (χ1) is 8.77. The molecule has 1 aromatic rings. The Balaban J connectivity index is 2.22. The van der Waals surface area contributed by atoms with Gasteiger partial charge in [-0.15, -0.1) is 0 Å². The van der Waals surface area contributed by atoms with Crippen molar-refractivity contribution < 1.29 is 9.90 Å². The zero-order valence-electron chi connectivity index (χ0n) is 10.7. The van der Waals surface area contributed by atoms with E-state index in [2.05, 4.69) is 5.32 Å². The van der Waals surface area contributed by atoms with Crippen LogP contribution in [0.2, 0.25) is 0 Å². The molecule has 0 bridgehead atoms. The van der Waals surface area contributed by atoms with Gasteiger partial charge in [-0.25, -0.2) is 0 Å². The van der Waals surface area contributed by atoms with E-state index >= 15 is 0 Å². The summed E-state index contributed by atoms with van der Waals surface area (Å²) < 4.78 is 0. The van der Waals surface area contributed by atoms with Crippen LogP contribution in [0.1, 0.15) is 30.1 Å². The largest absolute Gasteiger partial charge is 0.394 e. The highest BCUT2D eigenvalue weighted by atomic mass is 16.3. The maximum absolute atomic E-state index is 12.5. The Morgan fingerprint density at radius 1 is 1.50 bits per heavy atom. The minimum Gasteiger partial charge on any atom is -0.394 e. The summed E-state index contributed by atoms with van der Waals surface area (Å²) in [6.45, 7) is 3.58. The van der Waals surface area contributed by atoms with Crippen molar-refractivity contribution in [2.24, 2.45) is 0 Å². The Morgan fingerprint density at radius 2 is 2.28 bits per heavy atom. The summed E-state index contributed by atoms with van der Waals surface area (Å²) in [7, 11) is 0. The number of para-hydroxylation sites is 1. The number of nitrogens with one attached hydrogen (secondary N) is 1. The highest BCUT2D eigenvalue weighted by molar-refractivity contribution is 5.99. The third-order valence-electron chi connectivity index (χ3n) is 3.37. The molecule has 0 saturated carbocycles. The summed E-state index contributed by atoms with van der Waals surface area (Å²) in [6, 6.07) is 7.53. The molecule has 2 rings (SSSR count). The molecular weight excluding hydrogens is 228 g/mol. The second-order valence-corrected chi connectivity index (χ2v) is 4.55. The monoisotopic (exact) mass is 248 g/mol. The van der Waals surface area contributed by atoms with E-state index < -0.39 is 0 Å². The number of carbonyl (C=O) groups is 1. The quantitative estimate of drug-likeness (QED) is 0.853. The second-order valence-electron chi connectivity index (χ2n) is 4.55. The third-order valence-corrected chi connectivity index (χ3v) is 3.37. The van der Waals surface area contributed by atoms with Crippen molar-refractivity contribution in [1.82, 2.24) is 4.90 Å². The third kappa shape index (κ3) is 2.48. The summed E-state index contributed by atoms with van der Waals surface area (Å²) >= 11 is 0. The molecule has 1 aliphatic heterocycles. The van der Waals surface area contributed by atoms with Crippen molar-refractivity contribution in [2.75, 3.05) is 25.0 Å². The van der Waals surface area contributed by atoms with E-state index in [1.54, 1.807) is 4.90 Å². The van der Waals surface area contributed by atoms with E-state index in [0.717, 1.165) is 31.6 Å². The van der Waals surface area contributed by atoms with Gasteiger partial charge in [0.2, 0.25) is 0 Å². The van der Waals surface area contributed by atoms with Crippen LogP contribution in [0, 0.1) is 0 Å². The number of hydrogen-bond acceptors (Lipinski definition) is 3. The van der Waals surface area contributed by atoms with E-state index in [9.17, 15) is 9.90 Å². The SMILES string of the molecule is CCNc1ccccc1C(=O)N1CCC[C@@H]1CO. The predicted molar refractivity (Wildman–Crippen MR) is 71.8 cm³/mol. The van der Waals surface area contributed by atoms with E-state index in [0.29, 0.717) is 5.56 Å². The molecule has 2 N–H and O–H groups in total. The smallest absolute Gasteiger partial charge is 0.256 e. The van der Waals surface area contributed by atoms with Crippen molar-refractivity contribution >= 4 is 11.6 Å². The van der Waals surface area contributed by atoms with Gasteiger partial charge in [0.25, 0.3) is 5.91 Å². The normalized spacial score (nSPS) is 19.0. The van der Waals surface area contributed by atoms with Gasteiger partial charge < -0.3 is 15.3 Å². The zero-order chi connectivity index (χ0) is 13.0. The average Bonchev–Trinajstić information content (AvgIpc) is 2.87. The fourth-order valence-corrected chi connectivity index (χ4v) is 2.46. The Hall–Kier alpha value is -1.55. The number of rotatable bonds is 4. The molecule has 0 aliphatic carbocycles. The molecular formula is C14H20N2O2. The van der Waals surface area contributed by atoms with E-state index in [4.69, 9.17) is 0 Å². The number of likely N-dealkylation sites (tertiary alicyclic amines) is 1. The van der Waals surface area contributed by atoms with Gasteiger partial charge in [0.05, 0.1) is 18.2 Å². The molecule has 0 radical (unpaired) electrons. The summed E-state index contributed by atoms with van der Waals surface area (Å²) in [5, 5.41) is 12.5. The number of benzene rings is 1. The number of carbonyl (C=O) groups excluding carboxylic acids is 1. The Kier molecular flexibility index (Phi) is 4.20. The van der Waals surface area contributed by atoms with Gasteiger partial charge in [-0.2, -0.15) is 0 Å². The van der Waals surface area contributed by atoms with Crippen molar-refractivity contribution in [3.05, 3.63) is 29.8 Å². The highest BCUT2D eigenvalue weighted by Gasteiger charge is 2.29. The molecule has 1 aromatic carbocycles. The van der Waals surface area contributed by atoms with Gasteiger partial charge in [0.15, 0.2) is 0 Å². The number of amides is 1. The van der Waals surface area contributed by atoms with Crippen LogP contribution in [0.15, 0.2) is 24.3 Å². The van der Waals surface area contributed by atoms with Crippen molar-refractivity contribution in [3.63, 3.8) is 0 Å². The topological polar surface area (TPSA) is 52.6 Å². The molecule has 1 saturated heterocycles. The lowest BCUT2D eigenvalue weighted by atomic mass is 10.1. The van der Waals surface area contributed by atoms with Crippen molar-refractivity contribution in [2.45, 2.75) is 25.8 Å². The maximum Gasteiger partial charge on any atom is 0.256 e. The summed E-state index contributed by atoms with van der Waals surface area (Å²) in [5.74, 6) is 0.0168. The van der Waals surface area contributed by atoms with Crippen molar-refractivity contribution in [3.8, 4) is 0 Å². The summed E-state index contributed by atoms with van der Waals surface area (Å²) in [4.78, 5) is 14.3. The average molecular weight is 248 g/mol. The minimum absolute atomic E-state index is 0.0168. The fourth-order valence-electron chi connectivity index (χ4n) is 2.46. The van der Waals surface area contributed by atoms with Crippen LogP contribution in [0.4, 0.5) is 5.69 Å². The standard InChI is InChI=1S/C14H20N2O2/c1-2-15-13-8-4-3-7-12(13)14(18)16-9-5-6-11(16)10-17/h3-4,7-8,11,15,17H,2,5-6,9-10H2,1H3/t11-/m1/s1. The Morgan fingerprint density at radius 3 is 3.00 bits per heavy atom. The van der Waals surface area contributed by atoms with Gasteiger partial charge in [-0.3, -0.25) is 4.79 Å². The first kappa shape index (κ1) is 12.9. The van der Waals surface area contributed by atoms with Crippen LogP contribution in [0.3, 0.4) is 0 Å². The minimum atomic E-state index is -0.0211. The Labute approximate surface area is 108 Å². The van der Waals surface area contributed by atoms with Crippen molar-refractivity contribution in [1.29, 1.82) is 0 Å².